The van der Waals surface area contributed by atoms with E-state index >= 15 is 0 Å². The number of fused-ring (bicyclic) bond motifs is 1. The molecule has 1 aliphatic rings. The summed E-state index contributed by atoms with van der Waals surface area (Å²) in [7, 11) is 0. The van der Waals surface area contributed by atoms with Crippen molar-refractivity contribution in [2.24, 2.45) is 0 Å². The molecule has 1 aromatic heterocycles. The minimum atomic E-state index is -0.0512. The molecule has 1 aliphatic heterocycles. The molecule has 2 aromatic rings. The van der Waals surface area contributed by atoms with Crippen LogP contribution < -0.4 is 20.1 Å². The number of ether oxygens (including phenoxy) is 2. The van der Waals surface area contributed by atoms with Crippen LogP contribution >= 0.6 is 0 Å². The second-order valence-electron chi connectivity index (χ2n) is 5.86. The largest absolute Gasteiger partial charge is 0.454 e. The molecule has 0 atom stereocenters. The minimum Gasteiger partial charge on any atom is -0.454 e. The molecular weight excluding hydrogens is 268 g/mol. The predicted molar refractivity (Wildman–Crippen MR) is 81.3 cm³/mol. The van der Waals surface area contributed by atoms with E-state index in [1.54, 1.807) is 0 Å². The summed E-state index contributed by atoms with van der Waals surface area (Å²) in [6, 6.07) is 7.56. The lowest BCUT2D eigenvalue weighted by atomic mass is 10.1. The molecule has 0 amide bonds. The quantitative estimate of drug-likeness (QED) is 0.903. The lowest BCUT2D eigenvalue weighted by Gasteiger charge is -2.21. The number of aromatic nitrogens is 2. The first-order chi connectivity index (χ1) is 9.99. The fraction of sp³-hybridized carbons (Fsp3) is 0.333. The summed E-state index contributed by atoms with van der Waals surface area (Å²) in [5.74, 6) is 3.00. The van der Waals surface area contributed by atoms with E-state index in [4.69, 9.17) is 9.47 Å². The number of hydrogen-bond donors (Lipinski definition) is 2. The van der Waals surface area contributed by atoms with Crippen molar-refractivity contribution in [3.05, 3.63) is 30.6 Å². The van der Waals surface area contributed by atoms with Gasteiger partial charge in [0.1, 0.15) is 18.0 Å². The monoisotopic (exact) mass is 286 g/mol. The Hall–Kier alpha value is -2.50. The van der Waals surface area contributed by atoms with Gasteiger partial charge in [0.15, 0.2) is 11.5 Å². The van der Waals surface area contributed by atoms with E-state index in [9.17, 15) is 0 Å². The number of benzene rings is 1. The van der Waals surface area contributed by atoms with Crippen molar-refractivity contribution in [1.29, 1.82) is 0 Å². The number of nitrogens with zero attached hydrogens (tertiary/aromatic N) is 2. The molecule has 6 nitrogen and oxygen atoms in total. The fourth-order valence-electron chi connectivity index (χ4n) is 2.00. The van der Waals surface area contributed by atoms with Crippen molar-refractivity contribution >= 4 is 17.3 Å². The Bertz CT molecular complexity index is 652. The molecule has 0 saturated carbocycles. The molecule has 1 aromatic carbocycles. The molecule has 0 saturated heterocycles. The Morgan fingerprint density at radius 2 is 1.76 bits per heavy atom. The van der Waals surface area contributed by atoms with Gasteiger partial charge >= 0.3 is 0 Å². The van der Waals surface area contributed by atoms with Gasteiger partial charge in [-0.05, 0) is 32.9 Å². The first-order valence-electron chi connectivity index (χ1n) is 6.76. The number of rotatable bonds is 3. The van der Waals surface area contributed by atoms with Gasteiger partial charge in [0.2, 0.25) is 6.79 Å². The van der Waals surface area contributed by atoms with E-state index in [-0.39, 0.29) is 12.3 Å². The van der Waals surface area contributed by atoms with Crippen LogP contribution in [0.5, 0.6) is 11.5 Å². The molecule has 0 spiro atoms. The van der Waals surface area contributed by atoms with E-state index in [0.29, 0.717) is 0 Å². The maximum Gasteiger partial charge on any atom is 0.231 e. The topological polar surface area (TPSA) is 68.3 Å². The molecule has 110 valence electrons. The highest BCUT2D eigenvalue weighted by atomic mass is 16.7. The highest BCUT2D eigenvalue weighted by Crippen LogP contribution is 2.35. The van der Waals surface area contributed by atoms with E-state index in [0.717, 1.165) is 28.8 Å². The third-order valence-electron chi connectivity index (χ3n) is 2.82. The molecule has 0 fully saturated rings. The van der Waals surface area contributed by atoms with Crippen molar-refractivity contribution in [2.45, 2.75) is 26.3 Å². The van der Waals surface area contributed by atoms with Crippen LogP contribution in [0.1, 0.15) is 20.8 Å². The maximum absolute atomic E-state index is 5.36. The summed E-state index contributed by atoms with van der Waals surface area (Å²) >= 11 is 0. The van der Waals surface area contributed by atoms with Gasteiger partial charge < -0.3 is 20.1 Å². The Labute approximate surface area is 123 Å². The zero-order valence-corrected chi connectivity index (χ0v) is 12.3. The van der Waals surface area contributed by atoms with Crippen LogP contribution in [-0.4, -0.2) is 22.3 Å². The molecule has 0 radical (unpaired) electrons. The van der Waals surface area contributed by atoms with Crippen LogP contribution in [0.3, 0.4) is 0 Å². The highest BCUT2D eigenvalue weighted by Gasteiger charge is 2.14. The zero-order chi connectivity index (χ0) is 14.9. The molecule has 3 rings (SSSR count). The van der Waals surface area contributed by atoms with Gasteiger partial charge in [0.05, 0.1) is 0 Å². The fourth-order valence-corrected chi connectivity index (χ4v) is 2.00. The van der Waals surface area contributed by atoms with E-state index in [1.165, 1.54) is 6.33 Å². The van der Waals surface area contributed by atoms with Crippen LogP contribution in [0.4, 0.5) is 17.3 Å². The average molecular weight is 286 g/mol. The van der Waals surface area contributed by atoms with Crippen molar-refractivity contribution < 1.29 is 9.47 Å². The summed E-state index contributed by atoms with van der Waals surface area (Å²) in [5, 5.41) is 6.55. The van der Waals surface area contributed by atoms with Gasteiger partial charge in [0, 0.05) is 23.4 Å². The molecule has 0 bridgehead atoms. The number of hydrogen-bond acceptors (Lipinski definition) is 6. The van der Waals surface area contributed by atoms with Crippen LogP contribution in [-0.2, 0) is 0 Å². The van der Waals surface area contributed by atoms with Gasteiger partial charge in [-0.3, -0.25) is 0 Å². The zero-order valence-electron chi connectivity index (χ0n) is 12.3. The summed E-state index contributed by atoms with van der Waals surface area (Å²) < 4.78 is 10.7. The van der Waals surface area contributed by atoms with Crippen molar-refractivity contribution in [3.63, 3.8) is 0 Å². The first-order valence-corrected chi connectivity index (χ1v) is 6.76. The smallest absolute Gasteiger partial charge is 0.231 e. The van der Waals surface area contributed by atoms with Gasteiger partial charge in [-0.2, -0.15) is 0 Å². The van der Waals surface area contributed by atoms with Crippen molar-refractivity contribution in [1.82, 2.24) is 9.97 Å². The van der Waals surface area contributed by atoms with Crippen LogP contribution in [0.25, 0.3) is 0 Å². The average Bonchev–Trinajstić information content (AvgIpc) is 2.84. The summed E-state index contributed by atoms with van der Waals surface area (Å²) in [4.78, 5) is 8.44. The minimum absolute atomic E-state index is 0.0512. The molecule has 2 N–H and O–H groups in total. The third-order valence-corrected chi connectivity index (χ3v) is 2.82. The van der Waals surface area contributed by atoms with E-state index in [2.05, 4.69) is 41.4 Å². The van der Waals surface area contributed by atoms with Gasteiger partial charge in [-0.1, -0.05) is 0 Å². The molecule has 6 heteroatoms. The second kappa shape index (κ2) is 5.12. The summed E-state index contributed by atoms with van der Waals surface area (Å²) in [5.41, 5.74) is 0.837. The van der Waals surface area contributed by atoms with Crippen LogP contribution in [0.15, 0.2) is 30.6 Å². The van der Waals surface area contributed by atoms with Crippen LogP contribution in [0.2, 0.25) is 0 Å². The first kappa shape index (κ1) is 13.5. The molecule has 21 heavy (non-hydrogen) atoms. The third kappa shape index (κ3) is 3.34. The van der Waals surface area contributed by atoms with Gasteiger partial charge in [0.25, 0.3) is 0 Å². The number of anilines is 3. The predicted octanol–water partition coefficient (Wildman–Crippen LogP) is 3.16. The summed E-state index contributed by atoms with van der Waals surface area (Å²) in [6.45, 7) is 6.52. The second-order valence-corrected chi connectivity index (χ2v) is 5.86. The van der Waals surface area contributed by atoms with E-state index in [1.807, 2.05) is 24.3 Å². The van der Waals surface area contributed by atoms with Crippen molar-refractivity contribution in [2.75, 3.05) is 17.4 Å². The lowest BCUT2D eigenvalue weighted by Crippen LogP contribution is -2.26. The molecule has 2 heterocycles. The number of nitrogens with one attached hydrogen (secondary N) is 2. The molecular formula is C15H18N4O2. The maximum atomic E-state index is 5.36. The Balaban J connectivity index is 1.77. The molecule has 0 unspecified atom stereocenters. The Kier molecular flexibility index (Phi) is 3.29. The Morgan fingerprint density at radius 3 is 2.57 bits per heavy atom. The normalized spacial score (nSPS) is 13.1. The van der Waals surface area contributed by atoms with E-state index < -0.39 is 0 Å². The van der Waals surface area contributed by atoms with Gasteiger partial charge in [-0.25, -0.2) is 9.97 Å². The Morgan fingerprint density at radius 1 is 1.00 bits per heavy atom. The van der Waals surface area contributed by atoms with Gasteiger partial charge in [-0.15, -0.1) is 0 Å². The SMILES string of the molecule is CC(C)(C)Nc1cc(Nc2ccc3c(c2)OCO3)ncn1. The lowest BCUT2D eigenvalue weighted by molar-refractivity contribution is 0.174. The highest BCUT2D eigenvalue weighted by molar-refractivity contribution is 5.63. The summed E-state index contributed by atoms with van der Waals surface area (Å²) in [6.07, 6.45) is 1.53. The molecule has 0 aliphatic carbocycles. The van der Waals surface area contributed by atoms with Crippen LogP contribution in [0, 0.1) is 0 Å². The van der Waals surface area contributed by atoms with Crippen molar-refractivity contribution in [3.8, 4) is 11.5 Å². The standard InChI is InChI=1S/C15H18N4O2/c1-15(2,3)19-14-7-13(16-8-17-14)18-10-4-5-11-12(6-10)21-9-20-11/h4-8H,9H2,1-3H3,(H2,16,17,18,19).